The summed E-state index contributed by atoms with van der Waals surface area (Å²) in [5.41, 5.74) is 3.70. The largest absolute Gasteiger partial charge is 0.489 e. The van der Waals surface area contributed by atoms with Crippen molar-refractivity contribution in [2.75, 3.05) is 0 Å². The van der Waals surface area contributed by atoms with Crippen LogP contribution in [0, 0.1) is 0 Å². The Labute approximate surface area is 161 Å². The van der Waals surface area contributed by atoms with Crippen molar-refractivity contribution in [3.05, 3.63) is 94.3 Å². The molecule has 2 aromatic heterocycles. The summed E-state index contributed by atoms with van der Waals surface area (Å²) < 4.78 is 5.75. The highest BCUT2D eigenvalue weighted by molar-refractivity contribution is 7.07. The summed E-state index contributed by atoms with van der Waals surface area (Å²) in [5, 5.41) is 8.03. The molecule has 0 radical (unpaired) electrons. The van der Waals surface area contributed by atoms with Crippen molar-refractivity contribution in [3.63, 3.8) is 0 Å². The first kappa shape index (κ1) is 17.2. The maximum Gasteiger partial charge on any atom is 0.251 e. The number of amides is 1. The minimum absolute atomic E-state index is 0.0986. The van der Waals surface area contributed by atoms with Gasteiger partial charge in [0.2, 0.25) is 0 Å². The summed E-state index contributed by atoms with van der Waals surface area (Å²) in [7, 11) is 0. The molecule has 0 saturated heterocycles. The van der Waals surface area contributed by atoms with Crippen molar-refractivity contribution in [1.82, 2.24) is 10.3 Å². The van der Waals surface area contributed by atoms with Crippen LogP contribution in [0.2, 0.25) is 0 Å². The van der Waals surface area contributed by atoms with E-state index in [1.165, 1.54) is 5.56 Å². The Balaban J connectivity index is 1.34. The third-order valence-electron chi connectivity index (χ3n) is 4.23. The van der Waals surface area contributed by atoms with Gasteiger partial charge in [0.1, 0.15) is 12.4 Å². The molecule has 0 spiro atoms. The lowest BCUT2D eigenvalue weighted by atomic mass is 10.1. The number of rotatable bonds is 6. The highest BCUT2D eigenvalue weighted by Gasteiger charge is 2.07. The van der Waals surface area contributed by atoms with Gasteiger partial charge < -0.3 is 10.1 Å². The Kier molecular flexibility index (Phi) is 5.12. The Hall–Kier alpha value is -3.18. The summed E-state index contributed by atoms with van der Waals surface area (Å²) >= 11 is 1.66. The second kappa shape index (κ2) is 8.01. The van der Waals surface area contributed by atoms with Crippen LogP contribution in [0.4, 0.5) is 0 Å². The summed E-state index contributed by atoms with van der Waals surface area (Å²) in [6, 6.07) is 19.2. The molecule has 0 saturated carbocycles. The lowest BCUT2D eigenvalue weighted by molar-refractivity contribution is 0.0951. The van der Waals surface area contributed by atoms with E-state index in [-0.39, 0.29) is 5.91 Å². The van der Waals surface area contributed by atoms with E-state index in [1.807, 2.05) is 53.9 Å². The van der Waals surface area contributed by atoms with Crippen LogP contribution in [0.15, 0.2) is 77.6 Å². The third kappa shape index (κ3) is 4.33. The second-order valence-corrected chi connectivity index (χ2v) is 6.94. The fraction of sp³-hybridized carbons (Fsp3) is 0.0909. The number of hydrogen-bond acceptors (Lipinski definition) is 4. The fourth-order valence-corrected chi connectivity index (χ4v) is 3.40. The number of hydrogen-bond donors (Lipinski definition) is 1. The highest BCUT2D eigenvalue weighted by Crippen LogP contribution is 2.16. The summed E-state index contributed by atoms with van der Waals surface area (Å²) in [5.74, 6) is 0.719. The van der Waals surface area contributed by atoms with Gasteiger partial charge in [-0.1, -0.05) is 18.2 Å². The van der Waals surface area contributed by atoms with E-state index in [9.17, 15) is 4.79 Å². The predicted octanol–water partition coefficient (Wildman–Crippen LogP) is 4.81. The Morgan fingerprint density at radius 3 is 2.74 bits per heavy atom. The summed E-state index contributed by atoms with van der Waals surface area (Å²) in [6.45, 7) is 1.03. The van der Waals surface area contributed by atoms with Crippen molar-refractivity contribution >= 4 is 28.1 Å². The number of carbonyl (C=O) groups excluding carboxylic acids is 1. The number of benzene rings is 2. The number of carbonyl (C=O) groups is 1. The molecule has 4 aromatic rings. The molecule has 5 heteroatoms. The van der Waals surface area contributed by atoms with Crippen molar-refractivity contribution in [2.45, 2.75) is 13.2 Å². The van der Waals surface area contributed by atoms with Crippen LogP contribution in [0.1, 0.15) is 21.5 Å². The average Bonchev–Trinajstić information content (AvgIpc) is 3.24. The molecule has 27 heavy (non-hydrogen) atoms. The summed E-state index contributed by atoms with van der Waals surface area (Å²) in [4.78, 5) is 16.7. The standard InChI is InChI=1S/C22H18N2O2S/c25-22(19-5-8-21-18(12-19)2-1-10-23-21)24-13-16-3-6-20(7-4-16)26-14-17-9-11-27-15-17/h1-12,15H,13-14H2,(H,24,25). The van der Waals surface area contributed by atoms with Crippen LogP contribution in [-0.2, 0) is 13.2 Å². The van der Waals surface area contributed by atoms with E-state index in [0.717, 1.165) is 22.2 Å². The van der Waals surface area contributed by atoms with Crippen molar-refractivity contribution in [2.24, 2.45) is 0 Å². The second-order valence-electron chi connectivity index (χ2n) is 6.16. The van der Waals surface area contributed by atoms with E-state index in [4.69, 9.17) is 4.74 Å². The van der Waals surface area contributed by atoms with Gasteiger partial charge in [0.25, 0.3) is 5.91 Å². The van der Waals surface area contributed by atoms with E-state index in [0.29, 0.717) is 18.7 Å². The highest BCUT2D eigenvalue weighted by atomic mass is 32.1. The molecule has 0 unspecified atom stereocenters. The molecular weight excluding hydrogens is 356 g/mol. The van der Waals surface area contributed by atoms with Gasteiger partial charge in [0.05, 0.1) is 5.52 Å². The molecule has 0 aliphatic carbocycles. The number of aromatic nitrogens is 1. The van der Waals surface area contributed by atoms with Gasteiger partial charge >= 0.3 is 0 Å². The predicted molar refractivity (Wildman–Crippen MR) is 108 cm³/mol. The van der Waals surface area contributed by atoms with Crippen LogP contribution in [-0.4, -0.2) is 10.9 Å². The van der Waals surface area contributed by atoms with Gasteiger partial charge in [0, 0.05) is 23.7 Å². The molecule has 4 nitrogen and oxygen atoms in total. The quantitative estimate of drug-likeness (QED) is 0.527. The van der Waals surface area contributed by atoms with E-state index < -0.39 is 0 Å². The first-order valence-electron chi connectivity index (χ1n) is 8.64. The molecule has 2 aromatic carbocycles. The van der Waals surface area contributed by atoms with Crippen LogP contribution >= 0.6 is 11.3 Å². The lowest BCUT2D eigenvalue weighted by Gasteiger charge is -2.08. The molecule has 134 valence electrons. The van der Waals surface area contributed by atoms with Gasteiger partial charge in [-0.25, -0.2) is 0 Å². The van der Waals surface area contributed by atoms with Crippen LogP contribution in [0.3, 0.4) is 0 Å². The van der Waals surface area contributed by atoms with Crippen molar-refractivity contribution in [1.29, 1.82) is 0 Å². The van der Waals surface area contributed by atoms with Crippen LogP contribution in [0.25, 0.3) is 10.9 Å². The number of fused-ring (bicyclic) bond motifs is 1. The lowest BCUT2D eigenvalue weighted by Crippen LogP contribution is -2.22. The molecular formula is C22H18N2O2S. The van der Waals surface area contributed by atoms with Crippen molar-refractivity contribution < 1.29 is 9.53 Å². The van der Waals surface area contributed by atoms with Gasteiger partial charge in [-0.15, -0.1) is 0 Å². The minimum Gasteiger partial charge on any atom is -0.489 e. The van der Waals surface area contributed by atoms with Gasteiger partial charge in [-0.05, 0) is 64.4 Å². The maximum absolute atomic E-state index is 12.4. The smallest absolute Gasteiger partial charge is 0.251 e. The SMILES string of the molecule is O=C(NCc1ccc(OCc2ccsc2)cc1)c1ccc2ncccc2c1. The number of thiophene rings is 1. The van der Waals surface area contributed by atoms with E-state index in [1.54, 1.807) is 23.6 Å². The van der Waals surface area contributed by atoms with Gasteiger partial charge in [0.15, 0.2) is 0 Å². The molecule has 0 atom stereocenters. The Morgan fingerprint density at radius 2 is 1.93 bits per heavy atom. The number of nitrogens with zero attached hydrogens (tertiary/aromatic N) is 1. The first-order chi connectivity index (χ1) is 13.3. The zero-order valence-electron chi connectivity index (χ0n) is 14.6. The van der Waals surface area contributed by atoms with Crippen molar-refractivity contribution in [3.8, 4) is 5.75 Å². The van der Waals surface area contributed by atoms with Gasteiger partial charge in [-0.3, -0.25) is 9.78 Å². The average molecular weight is 374 g/mol. The molecule has 1 amide bonds. The molecule has 1 N–H and O–H groups in total. The Bertz CT molecular complexity index is 1040. The fourth-order valence-electron chi connectivity index (χ4n) is 2.75. The monoisotopic (exact) mass is 374 g/mol. The normalized spacial score (nSPS) is 10.7. The maximum atomic E-state index is 12.4. The first-order valence-corrected chi connectivity index (χ1v) is 9.58. The van der Waals surface area contributed by atoms with Crippen LogP contribution in [0.5, 0.6) is 5.75 Å². The zero-order valence-corrected chi connectivity index (χ0v) is 15.4. The number of ether oxygens (including phenoxy) is 1. The molecule has 0 aliphatic rings. The molecule has 0 fully saturated rings. The Morgan fingerprint density at radius 1 is 1.04 bits per heavy atom. The van der Waals surface area contributed by atoms with E-state index >= 15 is 0 Å². The zero-order chi connectivity index (χ0) is 18.5. The minimum atomic E-state index is -0.0986. The molecule has 0 aliphatic heterocycles. The summed E-state index contributed by atoms with van der Waals surface area (Å²) in [6.07, 6.45) is 1.75. The molecule has 2 heterocycles. The number of pyridine rings is 1. The van der Waals surface area contributed by atoms with Gasteiger partial charge in [-0.2, -0.15) is 11.3 Å². The topological polar surface area (TPSA) is 51.2 Å². The van der Waals surface area contributed by atoms with Crippen LogP contribution < -0.4 is 10.1 Å². The third-order valence-corrected chi connectivity index (χ3v) is 4.96. The van der Waals surface area contributed by atoms with E-state index in [2.05, 4.69) is 21.7 Å². The molecule has 4 rings (SSSR count). The number of nitrogens with one attached hydrogen (secondary N) is 1. The molecule has 0 bridgehead atoms.